The number of amides is 1. The van der Waals surface area contributed by atoms with Crippen molar-refractivity contribution >= 4 is 45.8 Å². The van der Waals surface area contributed by atoms with Crippen LogP contribution in [0.1, 0.15) is 28.6 Å². The van der Waals surface area contributed by atoms with Gasteiger partial charge in [0, 0.05) is 25.6 Å². The topological polar surface area (TPSA) is 63.7 Å². The first-order chi connectivity index (χ1) is 9.93. The Bertz CT molecular complexity index is 582. The maximum atomic E-state index is 12.2. The standard InChI is InChI=1S/C14H17NO4S2/c1-8-6-21-13(14(18)19-3)12(8)15-5-10(4-11(15)17)7-20-9(2)16/h6,10H,4-5,7H2,1-3H3. The van der Waals surface area contributed by atoms with Crippen molar-refractivity contribution in [2.24, 2.45) is 5.92 Å². The zero-order valence-electron chi connectivity index (χ0n) is 12.2. The number of ether oxygens (including phenoxy) is 1. The summed E-state index contributed by atoms with van der Waals surface area (Å²) >= 11 is 2.53. The molecule has 1 aliphatic rings. The smallest absolute Gasteiger partial charge is 0.350 e. The average molecular weight is 327 g/mol. The van der Waals surface area contributed by atoms with E-state index in [2.05, 4.69) is 0 Å². The molecule has 1 atom stereocenters. The number of hydrogen-bond donors (Lipinski definition) is 0. The van der Waals surface area contributed by atoms with E-state index >= 15 is 0 Å². The second kappa shape index (κ2) is 6.62. The molecule has 2 heterocycles. The van der Waals surface area contributed by atoms with Gasteiger partial charge in [-0.2, -0.15) is 0 Å². The van der Waals surface area contributed by atoms with E-state index < -0.39 is 5.97 Å². The Morgan fingerprint density at radius 2 is 2.24 bits per heavy atom. The van der Waals surface area contributed by atoms with E-state index in [1.54, 1.807) is 4.90 Å². The summed E-state index contributed by atoms with van der Waals surface area (Å²) in [6.45, 7) is 3.95. The number of thioether (sulfide) groups is 1. The van der Waals surface area contributed by atoms with Gasteiger partial charge < -0.3 is 9.64 Å². The Hall–Kier alpha value is -1.34. The lowest BCUT2D eigenvalue weighted by molar-refractivity contribution is -0.117. The number of carbonyl (C=O) groups excluding carboxylic acids is 3. The molecule has 1 aromatic rings. The van der Waals surface area contributed by atoms with Crippen LogP contribution in [0.2, 0.25) is 0 Å². The molecule has 1 amide bonds. The molecule has 21 heavy (non-hydrogen) atoms. The molecular weight excluding hydrogens is 310 g/mol. The van der Waals surface area contributed by atoms with Gasteiger partial charge >= 0.3 is 5.97 Å². The third kappa shape index (κ3) is 3.47. The van der Waals surface area contributed by atoms with Crippen LogP contribution in [0.3, 0.4) is 0 Å². The van der Waals surface area contributed by atoms with E-state index in [1.807, 2.05) is 12.3 Å². The van der Waals surface area contributed by atoms with Crippen LogP contribution in [0, 0.1) is 12.8 Å². The predicted octanol–water partition coefficient (Wildman–Crippen LogP) is 2.48. The molecule has 1 fully saturated rings. The maximum Gasteiger partial charge on any atom is 0.350 e. The van der Waals surface area contributed by atoms with Gasteiger partial charge in [0.05, 0.1) is 12.8 Å². The molecule has 0 aliphatic carbocycles. The lowest BCUT2D eigenvalue weighted by Gasteiger charge is -2.18. The fraction of sp³-hybridized carbons (Fsp3) is 0.500. The normalized spacial score (nSPS) is 18.1. The number of thiophene rings is 1. The SMILES string of the molecule is COC(=O)c1scc(C)c1N1CC(CSC(C)=O)CC1=O. The fourth-order valence-corrected chi connectivity index (χ4v) is 4.02. The Kier molecular flexibility index (Phi) is 5.05. The summed E-state index contributed by atoms with van der Waals surface area (Å²) in [7, 11) is 1.33. The molecule has 0 aromatic carbocycles. The number of rotatable bonds is 4. The Labute approximate surface area is 131 Å². The van der Waals surface area contributed by atoms with Crippen molar-refractivity contribution < 1.29 is 19.1 Å². The zero-order chi connectivity index (χ0) is 15.6. The van der Waals surface area contributed by atoms with Crippen molar-refractivity contribution in [2.45, 2.75) is 20.3 Å². The number of hydrogen-bond acceptors (Lipinski definition) is 6. The van der Waals surface area contributed by atoms with Gasteiger partial charge in [-0.1, -0.05) is 11.8 Å². The lowest BCUT2D eigenvalue weighted by atomic mass is 10.1. The summed E-state index contributed by atoms with van der Waals surface area (Å²) in [5.74, 6) is 0.346. The Balaban J connectivity index is 2.19. The quantitative estimate of drug-likeness (QED) is 0.795. The minimum Gasteiger partial charge on any atom is -0.465 e. The molecule has 5 nitrogen and oxygen atoms in total. The van der Waals surface area contributed by atoms with E-state index in [0.29, 0.717) is 29.3 Å². The number of esters is 1. The maximum absolute atomic E-state index is 12.2. The van der Waals surface area contributed by atoms with Crippen LogP contribution in [-0.2, 0) is 14.3 Å². The van der Waals surface area contributed by atoms with Gasteiger partial charge in [-0.3, -0.25) is 9.59 Å². The second-order valence-electron chi connectivity index (χ2n) is 4.97. The molecular formula is C14H17NO4S2. The first kappa shape index (κ1) is 16.0. The molecule has 1 saturated heterocycles. The van der Waals surface area contributed by atoms with Crippen LogP contribution in [0.15, 0.2) is 5.38 Å². The van der Waals surface area contributed by atoms with E-state index in [1.165, 1.54) is 37.1 Å². The minimum atomic E-state index is -0.419. The van der Waals surface area contributed by atoms with Crippen LogP contribution >= 0.6 is 23.1 Å². The molecule has 1 aliphatic heterocycles. The number of nitrogens with zero attached hydrogens (tertiary/aromatic N) is 1. The van der Waals surface area contributed by atoms with Crippen molar-refractivity contribution in [3.05, 3.63) is 15.8 Å². The lowest BCUT2D eigenvalue weighted by Crippen LogP contribution is -2.26. The number of anilines is 1. The molecule has 0 bridgehead atoms. The van der Waals surface area contributed by atoms with Crippen LogP contribution in [0.4, 0.5) is 5.69 Å². The minimum absolute atomic E-state index is 0.00388. The van der Waals surface area contributed by atoms with E-state index in [9.17, 15) is 14.4 Å². The highest BCUT2D eigenvalue weighted by atomic mass is 32.2. The number of carbonyl (C=O) groups is 3. The van der Waals surface area contributed by atoms with Crippen molar-refractivity contribution in [3.8, 4) is 0 Å². The molecule has 7 heteroatoms. The first-order valence-electron chi connectivity index (χ1n) is 6.54. The van der Waals surface area contributed by atoms with Gasteiger partial charge in [0.15, 0.2) is 5.12 Å². The zero-order valence-corrected chi connectivity index (χ0v) is 13.8. The van der Waals surface area contributed by atoms with Crippen molar-refractivity contribution in [1.82, 2.24) is 0 Å². The van der Waals surface area contributed by atoms with Gasteiger partial charge in [-0.25, -0.2) is 4.79 Å². The van der Waals surface area contributed by atoms with Crippen LogP contribution < -0.4 is 4.90 Å². The van der Waals surface area contributed by atoms with E-state index in [4.69, 9.17) is 4.74 Å². The molecule has 2 rings (SSSR count). The third-order valence-electron chi connectivity index (χ3n) is 3.31. The predicted molar refractivity (Wildman–Crippen MR) is 84.0 cm³/mol. The van der Waals surface area contributed by atoms with Gasteiger partial charge in [0.1, 0.15) is 4.88 Å². The van der Waals surface area contributed by atoms with Crippen LogP contribution in [0.25, 0.3) is 0 Å². The Morgan fingerprint density at radius 3 is 2.86 bits per heavy atom. The van der Waals surface area contributed by atoms with Gasteiger partial charge in [-0.05, 0) is 23.8 Å². The highest BCUT2D eigenvalue weighted by Gasteiger charge is 2.34. The summed E-state index contributed by atoms with van der Waals surface area (Å²) < 4.78 is 4.78. The highest BCUT2D eigenvalue weighted by Crippen LogP contribution is 2.36. The summed E-state index contributed by atoms with van der Waals surface area (Å²) in [6, 6.07) is 0. The van der Waals surface area contributed by atoms with Crippen LogP contribution in [-0.4, -0.2) is 36.4 Å². The molecule has 0 saturated carbocycles. The first-order valence-corrected chi connectivity index (χ1v) is 8.40. The van der Waals surface area contributed by atoms with Crippen LogP contribution in [0.5, 0.6) is 0 Å². The monoisotopic (exact) mass is 327 g/mol. The summed E-state index contributed by atoms with van der Waals surface area (Å²) in [5, 5.41) is 1.91. The van der Waals surface area contributed by atoms with Gasteiger partial charge in [0.2, 0.25) is 5.91 Å². The summed E-state index contributed by atoms with van der Waals surface area (Å²) in [6.07, 6.45) is 0.413. The fourth-order valence-electron chi connectivity index (χ4n) is 2.36. The molecule has 1 unspecified atom stereocenters. The average Bonchev–Trinajstić information content (AvgIpc) is 2.98. The highest BCUT2D eigenvalue weighted by molar-refractivity contribution is 8.13. The third-order valence-corrected chi connectivity index (χ3v) is 5.42. The molecule has 1 aromatic heterocycles. The van der Waals surface area contributed by atoms with Crippen molar-refractivity contribution in [2.75, 3.05) is 24.3 Å². The Morgan fingerprint density at radius 1 is 1.52 bits per heavy atom. The summed E-state index contributed by atoms with van der Waals surface area (Å²) in [4.78, 5) is 37.2. The molecule has 0 N–H and O–H groups in total. The summed E-state index contributed by atoms with van der Waals surface area (Å²) in [5.41, 5.74) is 1.56. The number of aryl methyl sites for hydroxylation is 1. The molecule has 0 radical (unpaired) electrons. The second-order valence-corrected chi connectivity index (χ2v) is 7.04. The van der Waals surface area contributed by atoms with Gasteiger partial charge in [0.25, 0.3) is 0 Å². The van der Waals surface area contributed by atoms with Gasteiger partial charge in [-0.15, -0.1) is 11.3 Å². The van der Waals surface area contributed by atoms with Crippen molar-refractivity contribution in [1.29, 1.82) is 0 Å². The van der Waals surface area contributed by atoms with E-state index in [0.717, 1.165) is 5.56 Å². The molecule has 114 valence electrons. The number of methoxy groups -OCH3 is 1. The molecule has 0 spiro atoms. The largest absolute Gasteiger partial charge is 0.465 e. The van der Waals surface area contributed by atoms with Crippen molar-refractivity contribution in [3.63, 3.8) is 0 Å². The van der Waals surface area contributed by atoms with E-state index in [-0.39, 0.29) is 16.9 Å².